The smallest absolute Gasteiger partial charge is 0.246 e. The van der Waals surface area contributed by atoms with Gasteiger partial charge < -0.3 is 10.2 Å². The van der Waals surface area contributed by atoms with Gasteiger partial charge in [0.05, 0.1) is 24.5 Å². The third kappa shape index (κ3) is 2.83. The summed E-state index contributed by atoms with van der Waals surface area (Å²) >= 11 is 5.97. The molecule has 0 saturated carbocycles. The fourth-order valence-corrected chi connectivity index (χ4v) is 2.61. The number of nitrogens with zero attached hydrogens (tertiary/aromatic N) is 1. The van der Waals surface area contributed by atoms with Crippen molar-refractivity contribution in [1.29, 1.82) is 0 Å². The minimum atomic E-state index is -0.129. The van der Waals surface area contributed by atoms with Crippen molar-refractivity contribution in [2.24, 2.45) is 0 Å². The lowest BCUT2D eigenvalue weighted by Gasteiger charge is -2.29. The molecular weight excluding hydrogens is 300 g/mol. The lowest BCUT2D eigenvalue weighted by atomic mass is 10.1. The van der Waals surface area contributed by atoms with Crippen LogP contribution in [0.15, 0.2) is 42.5 Å². The SMILES string of the molecule is Cc1ccc(C(=O)CN2C(=O)CNc3cc(Cl)ccc32)cc1. The van der Waals surface area contributed by atoms with E-state index in [9.17, 15) is 9.59 Å². The second-order valence-electron chi connectivity index (χ2n) is 5.28. The van der Waals surface area contributed by atoms with Crippen molar-refractivity contribution in [2.75, 3.05) is 23.3 Å². The van der Waals surface area contributed by atoms with Gasteiger partial charge in [-0.25, -0.2) is 0 Å². The van der Waals surface area contributed by atoms with Crippen LogP contribution in [0, 0.1) is 6.92 Å². The van der Waals surface area contributed by atoms with E-state index in [-0.39, 0.29) is 24.8 Å². The summed E-state index contributed by atoms with van der Waals surface area (Å²) in [6.07, 6.45) is 0. The highest BCUT2D eigenvalue weighted by atomic mass is 35.5. The minimum Gasteiger partial charge on any atom is -0.374 e. The van der Waals surface area contributed by atoms with E-state index >= 15 is 0 Å². The second-order valence-corrected chi connectivity index (χ2v) is 5.72. The van der Waals surface area contributed by atoms with Crippen LogP contribution >= 0.6 is 11.6 Å². The van der Waals surface area contributed by atoms with Crippen LogP contribution in [0.2, 0.25) is 5.02 Å². The molecule has 2 aromatic rings. The van der Waals surface area contributed by atoms with E-state index in [0.29, 0.717) is 16.3 Å². The number of rotatable bonds is 3. The molecule has 0 fully saturated rings. The van der Waals surface area contributed by atoms with Gasteiger partial charge in [0.25, 0.3) is 0 Å². The maximum Gasteiger partial charge on any atom is 0.246 e. The molecule has 0 bridgehead atoms. The van der Waals surface area contributed by atoms with Gasteiger partial charge in [-0.2, -0.15) is 0 Å². The molecule has 0 atom stereocenters. The molecule has 1 aliphatic heterocycles. The summed E-state index contributed by atoms with van der Waals surface area (Å²) in [5.74, 6) is -0.216. The molecule has 5 heteroatoms. The third-order valence-electron chi connectivity index (χ3n) is 3.66. The van der Waals surface area contributed by atoms with Gasteiger partial charge in [0.2, 0.25) is 5.91 Å². The Hall–Kier alpha value is -2.33. The average Bonchev–Trinajstić information content (AvgIpc) is 2.50. The highest BCUT2D eigenvalue weighted by molar-refractivity contribution is 6.31. The summed E-state index contributed by atoms with van der Waals surface area (Å²) in [5.41, 5.74) is 3.15. The van der Waals surface area contributed by atoms with Crippen molar-refractivity contribution >= 4 is 34.7 Å². The fourth-order valence-electron chi connectivity index (χ4n) is 2.43. The van der Waals surface area contributed by atoms with Gasteiger partial charge in [-0.1, -0.05) is 41.4 Å². The van der Waals surface area contributed by atoms with Gasteiger partial charge in [0.1, 0.15) is 0 Å². The number of benzene rings is 2. The summed E-state index contributed by atoms with van der Waals surface area (Å²) in [6.45, 7) is 2.15. The molecule has 1 heterocycles. The Morgan fingerprint density at radius 2 is 1.95 bits per heavy atom. The number of aryl methyl sites for hydroxylation is 1. The molecule has 0 spiro atoms. The Balaban J connectivity index is 1.87. The number of ketones is 1. The lowest BCUT2D eigenvalue weighted by molar-refractivity contribution is -0.117. The summed E-state index contributed by atoms with van der Waals surface area (Å²) in [4.78, 5) is 26.1. The van der Waals surface area contributed by atoms with Crippen molar-refractivity contribution in [1.82, 2.24) is 0 Å². The van der Waals surface area contributed by atoms with E-state index in [2.05, 4.69) is 5.32 Å². The molecule has 0 aliphatic carbocycles. The number of hydrogen-bond donors (Lipinski definition) is 1. The van der Waals surface area contributed by atoms with Crippen molar-refractivity contribution in [2.45, 2.75) is 6.92 Å². The van der Waals surface area contributed by atoms with E-state index < -0.39 is 0 Å². The van der Waals surface area contributed by atoms with Crippen molar-refractivity contribution in [3.05, 3.63) is 58.6 Å². The summed E-state index contributed by atoms with van der Waals surface area (Å²) in [7, 11) is 0. The fraction of sp³-hybridized carbons (Fsp3) is 0.176. The number of carbonyl (C=O) groups is 2. The van der Waals surface area contributed by atoms with Crippen LogP contribution in [0.4, 0.5) is 11.4 Å². The number of halogens is 1. The molecule has 2 aromatic carbocycles. The highest BCUT2D eigenvalue weighted by Gasteiger charge is 2.26. The molecule has 4 nitrogen and oxygen atoms in total. The topological polar surface area (TPSA) is 49.4 Å². The van der Waals surface area contributed by atoms with E-state index in [4.69, 9.17) is 11.6 Å². The van der Waals surface area contributed by atoms with Crippen molar-refractivity contribution in [3.63, 3.8) is 0 Å². The van der Waals surface area contributed by atoms with Crippen molar-refractivity contribution < 1.29 is 9.59 Å². The number of anilines is 2. The third-order valence-corrected chi connectivity index (χ3v) is 3.89. The summed E-state index contributed by atoms with van der Waals surface area (Å²) in [5, 5.41) is 3.61. The first-order valence-corrected chi connectivity index (χ1v) is 7.36. The highest BCUT2D eigenvalue weighted by Crippen LogP contribution is 2.32. The largest absolute Gasteiger partial charge is 0.374 e. The number of nitrogens with one attached hydrogen (secondary N) is 1. The molecule has 3 rings (SSSR count). The first kappa shape index (κ1) is 14.6. The monoisotopic (exact) mass is 314 g/mol. The zero-order valence-corrected chi connectivity index (χ0v) is 12.9. The predicted molar refractivity (Wildman–Crippen MR) is 87.8 cm³/mol. The Morgan fingerprint density at radius 3 is 2.68 bits per heavy atom. The Kier molecular flexibility index (Phi) is 3.86. The van der Waals surface area contributed by atoms with Crippen LogP contribution in [0.1, 0.15) is 15.9 Å². The van der Waals surface area contributed by atoms with Gasteiger partial charge in [-0.3, -0.25) is 9.59 Å². The van der Waals surface area contributed by atoms with E-state index in [1.165, 1.54) is 4.90 Å². The molecule has 0 saturated heterocycles. The lowest BCUT2D eigenvalue weighted by Crippen LogP contribution is -2.42. The van der Waals surface area contributed by atoms with Gasteiger partial charge in [-0.15, -0.1) is 0 Å². The van der Waals surface area contributed by atoms with Crippen LogP contribution < -0.4 is 10.2 Å². The zero-order valence-electron chi connectivity index (χ0n) is 12.1. The van der Waals surface area contributed by atoms with E-state index in [1.54, 1.807) is 30.3 Å². The normalized spacial score (nSPS) is 13.5. The van der Waals surface area contributed by atoms with Crippen LogP contribution in [-0.2, 0) is 4.79 Å². The Bertz CT molecular complexity index is 741. The molecule has 0 unspecified atom stereocenters. The number of fused-ring (bicyclic) bond motifs is 1. The summed E-state index contributed by atoms with van der Waals surface area (Å²) < 4.78 is 0. The molecule has 1 aliphatic rings. The minimum absolute atomic E-state index is 0.0260. The second kappa shape index (κ2) is 5.81. The zero-order chi connectivity index (χ0) is 15.7. The predicted octanol–water partition coefficient (Wildman–Crippen LogP) is 3.29. The molecule has 0 aromatic heterocycles. The standard InChI is InChI=1S/C17H15ClN2O2/c1-11-2-4-12(5-3-11)16(21)10-20-15-7-6-13(18)8-14(15)19-9-17(20)22/h2-8,19H,9-10H2,1H3. The molecule has 112 valence electrons. The van der Waals surface area contributed by atoms with Crippen LogP contribution in [0.25, 0.3) is 0 Å². The van der Waals surface area contributed by atoms with Gasteiger partial charge >= 0.3 is 0 Å². The van der Waals surface area contributed by atoms with Gasteiger partial charge in [-0.05, 0) is 25.1 Å². The van der Waals surface area contributed by atoms with Gasteiger partial charge in [0, 0.05) is 10.6 Å². The molecular formula is C17H15ClN2O2. The van der Waals surface area contributed by atoms with E-state index in [0.717, 1.165) is 11.3 Å². The molecule has 1 N–H and O–H groups in total. The first-order chi connectivity index (χ1) is 10.5. The average molecular weight is 315 g/mol. The number of amides is 1. The molecule has 0 radical (unpaired) electrons. The van der Waals surface area contributed by atoms with E-state index in [1.807, 2.05) is 19.1 Å². The Morgan fingerprint density at radius 1 is 1.23 bits per heavy atom. The van der Waals surface area contributed by atoms with Crippen LogP contribution in [0.5, 0.6) is 0 Å². The maximum atomic E-state index is 12.4. The quantitative estimate of drug-likeness (QED) is 0.884. The van der Waals surface area contributed by atoms with Crippen LogP contribution in [0.3, 0.4) is 0 Å². The Labute approximate surface area is 133 Å². The van der Waals surface area contributed by atoms with Gasteiger partial charge in [0.15, 0.2) is 5.78 Å². The maximum absolute atomic E-state index is 12.4. The number of carbonyl (C=O) groups excluding carboxylic acids is 2. The molecule has 22 heavy (non-hydrogen) atoms. The summed E-state index contributed by atoms with van der Waals surface area (Å²) in [6, 6.07) is 12.6. The van der Waals surface area contributed by atoms with Crippen molar-refractivity contribution in [3.8, 4) is 0 Å². The number of hydrogen-bond acceptors (Lipinski definition) is 3. The first-order valence-electron chi connectivity index (χ1n) is 6.98. The number of Topliss-reactive ketones (excluding diaryl/α,β-unsaturated/α-hetero) is 1. The van der Waals surface area contributed by atoms with Crippen LogP contribution in [-0.4, -0.2) is 24.8 Å². The molecule has 1 amide bonds.